The van der Waals surface area contributed by atoms with Gasteiger partial charge in [0.25, 0.3) is 0 Å². The number of hydrogen-bond acceptors (Lipinski definition) is 2. The fraction of sp³-hybridized carbons (Fsp3) is 0.0270. The van der Waals surface area contributed by atoms with E-state index in [1.807, 2.05) is 18.5 Å². The van der Waals surface area contributed by atoms with Crippen LogP contribution in [-0.4, -0.2) is 4.57 Å². The summed E-state index contributed by atoms with van der Waals surface area (Å²) in [6, 6.07) is 37.2. The van der Waals surface area contributed by atoms with E-state index in [1.54, 1.807) is 0 Å². The van der Waals surface area contributed by atoms with Crippen molar-refractivity contribution in [2.75, 3.05) is 0 Å². The van der Waals surface area contributed by atoms with Crippen molar-refractivity contribution in [2.24, 2.45) is 0 Å². The van der Waals surface area contributed by atoms with Gasteiger partial charge in [0.2, 0.25) is 0 Å². The van der Waals surface area contributed by atoms with Gasteiger partial charge in [-0.1, -0.05) is 103 Å². The van der Waals surface area contributed by atoms with Crippen molar-refractivity contribution in [3.63, 3.8) is 0 Å². The van der Waals surface area contributed by atoms with E-state index in [2.05, 4.69) is 125 Å². The van der Waals surface area contributed by atoms with Crippen molar-refractivity contribution in [3.8, 4) is 5.69 Å². The molecule has 6 aromatic carbocycles. The summed E-state index contributed by atoms with van der Waals surface area (Å²) < 4.78 is 9.06. The smallest absolute Gasteiger partial charge is 0.159 e. The van der Waals surface area contributed by atoms with E-state index in [-0.39, 0.29) is 6.04 Å². The Hall–Kier alpha value is -5.28. The molecule has 9 rings (SSSR count). The predicted molar refractivity (Wildman–Crippen MR) is 167 cm³/mol. The first-order chi connectivity index (χ1) is 19.9. The minimum Gasteiger partial charge on any atom is -0.462 e. The van der Waals surface area contributed by atoms with E-state index < -0.39 is 0 Å². The van der Waals surface area contributed by atoms with Gasteiger partial charge in [0.05, 0.1) is 23.3 Å². The third kappa shape index (κ3) is 2.79. The van der Waals surface area contributed by atoms with Gasteiger partial charge in [-0.05, 0) is 51.3 Å². The van der Waals surface area contributed by atoms with Crippen LogP contribution in [0.1, 0.15) is 11.6 Å². The van der Waals surface area contributed by atoms with Crippen LogP contribution < -0.4 is 5.32 Å². The lowest BCUT2D eigenvalue weighted by Gasteiger charge is -2.15. The summed E-state index contributed by atoms with van der Waals surface area (Å²) in [6.07, 6.45) is 10.3. The number of nitrogens with zero attached hydrogens (tertiary/aromatic N) is 1. The molecule has 1 aliphatic heterocycles. The topological polar surface area (TPSA) is 30.1 Å². The lowest BCUT2D eigenvalue weighted by atomic mass is 9.93. The Balaban J connectivity index is 1.63. The summed E-state index contributed by atoms with van der Waals surface area (Å²) in [5.74, 6) is 0. The van der Waals surface area contributed by atoms with E-state index in [9.17, 15) is 0 Å². The molecule has 1 N–H and O–H groups in total. The van der Waals surface area contributed by atoms with Gasteiger partial charge in [0.15, 0.2) is 5.58 Å². The number of aromatic nitrogens is 1. The van der Waals surface area contributed by atoms with Crippen molar-refractivity contribution in [1.29, 1.82) is 0 Å². The molecule has 8 aromatic rings. The maximum atomic E-state index is 6.62. The van der Waals surface area contributed by atoms with Crippen molar-refractivity contribution < 1.29 is 4.42 Å². The Labute approximate surface area is 230 Å². The number of benzene rings is 6. The highest BCUT2D eigenvalue weighted by atomic mass is 16.3. The Morgan fingerprint density at radius 2 is 1.12 bits per heavy atom. The third-order valence-corrected chi connectivity index (χ3v) is 8.48. The van der Waals surface area contributed by atoms with Crippen LogP contribution in [-0.2, 0) is 0 Å². The first-order valence-electron chi connectivity index (χ1n) is 13.7. The number of nitrogens with one attached hydrogen (secondary N) is 1. The number of allylic oxidation sites excluding steroid dienone is 2. The number of hydrogen-bond donors (Lipinski definition) is 1. The highest BCUT2D eigenvalue weighted by Crippen LogP contribution is 2.49. The molecule has 3 nitrogen and oxygen atoms in total. The normalized spacial score (nSPS) is 15.2. The average molecular weight is 513 g/mol. The van der Waals surface area contributed by atoms with Gasteiger partial charge in [-0.3, -0.25) is 0 Å². The van der Waals surface area contributed by atoms with Crippen LogP contribution in [0, 0.1) is 0 Å². The molecule has 1 atom stereocenters. The predicted octanol–water partition coefficient (Wildman–Crippen LogP) is 9.70. The minimum atomic E-state index is 0.0447. The Morgan fingerprint density at radius 3 is 1.82 bits per heavy atom. The van der Waals surface area contributed by atoms with Gasteiger partial charge in [0, 0.05) is 32.8 Å². The van der Waals surface area contributed by atoms with Crippen LogP contribution in [0.25, 0.3) is 70.8 Å². The molecule has 3 heteroatoms. The minimum absolute atomic E-state index is 0.0447. The van der Waals surface area contributed by atoms with Crippen LogP contribution in [0.15, 0.2) is 138 Å². The monoisotopic (exact) mass is 512 g/mol. The standard InChI is InChI=1S/C37H24N2O/c1-2-12-23(13-3-1)39-35-29-19-9-5-15-25(29)24-14-4-6-16-26(24)33(35)34-28-18-8-7-17-27(28)32-30(22-40-37(32)36(34)39)31-20-10-11-21-38-31/h1-22,31,38H. The van der Waals surface area contributed by atoms with Crippen LogP contribution in [0.3, 0.4) is 0 Å². The SMILES string of the molecule is C1=CNC(c2coc3c2c2ccccc2c2c4c5ccccc5c5ccccc5c4n(-c4ccccc4)c32)C=C1. The molecule has 0 spiro atoms. The van der Waals surface area contributed by atoms with Crippen molar-refractivity contribution in [2.45, 2.75) is 6.04 Å². The molecule has 0 saturated heterocycles. The second-order valence-corrected chi connectivity index (χ2v) is 10.5. The molecule has 1 unspecified atom stereocenters. The fourth-order valence-corrected chi connectivity index (χ4v) is 6.87. The average Bonchev–Trinajstić information content (AvgIpc) is 3.63. The molecule has 3 heterocycles. The molecular formula is C37H24N2O. The molecule has 40 heavy (non-hydrogen) atoms. The van der Waals surface area contributed by atoms with Crippen molar-refractivity contribution in [3.05, 3.63) is 139 Å². The summed E-state index contributed by atoms with van der Waals surface area (Å²) >= 11 is 0. The highest BCUT2D eigenvalue weighted by molar-refractivity contribution is 6.39. The number of furan rings is 1. The molecule has 0 radical (unpaired) electrons. The number of para-hydroxylation sites is 1. The molecule has 0 saturated carbocycles. The molecule has 0 fully saturated rings. The van der Waals surface area contributed by atoms with E-state index in [1.165, 1.54) is 48.6 Å². The first kappa shape index (κ1) is 21.6. The molecular weight excluding hydrogens is 488 g/mol. The van der Waals surface area contributed by atoms with Gasteiger partial charge in [-0.2, -0.15) is 0 Å². The zero-order chi connectivity index (χ0) is 26.2. The molecule has 188 valence electrons. The number of fused-ring (bicyclic) bond motifs is 13. The summed E-state index contributed by atoms with van der Waals surface area (Å²) in [6.45, 7) is 0. The molecule has 0 bridgehead atoms. The van der Waals surface area contributed by atoms with E-state index in [0.29, 0.717) is 0 Å². The van der Waals surface area contributed by atoms with Crippen LogP contribution in [0.4, 0.5) is 0 Å². The molecule has 1 aliphatic rings. The zero-order valence-corrected chi connectivity index (χ0v) is 21.6. The number of dihydropyridines is 1. The van der Waals surface area contributed by atoms with Gasteiger partial charge in [-0.25, -0.2) is 0 Å². The summed E-state index contributed by atoms with van der Waals surface area (Å²) in [5.41, 5.74) is 5.51. The Morgan fingerprint density at radius 1 is 0.550 bits per heavy atom. The van der Waals surface area contributed by atoms with Crippen molar-refractivity contribution in [1.82, 2.24) is 9.88 Å². The summed E-state index contributed by atoms with van der Waals surface area (Å²) in [7, 11) is 0. The van der Waals surface area contributed by atoms with Gasteiger partial charge in [-0.15, -0.1) is 0 Å². The van der Waals surface area contributed by atoms with Gasteiger partial charge < -0.3 is 14.3 Å². The van der Waals surface area contributed by atoms with Gasteiger partial charge >= 0.3 is 0 Å². The molecule has 2 aromatic heterocycles. The third-order valence-electron chi connectivity index (χ3n) is 8.48. The van der Waals surface area contributed by atoms with Crippen LogP contribution in [0.5, 0.6) is 0 Å². The second-order valence-electron chi connectivity index (χ2n) is 10.5. The lowest BCUT2D eigenvalue weighted by molar-refractivity contribution is 0.604. The Bertz CT molecular complexity index is 2350. The second kappa shape index (κ2) is 8.11. The van der Waals surface area contributed by atoms with Crippen molar-refractivity contribution >= 4 is 65.1 Å². The highest BCUT2D eigenvalue weighted by Gasteiger charge is 2.26. The van der Waals surface area contributed by atoms with E-state index >= 15 is 0 Å². The zero-order valence-electron chi connectivity index (χ0n) is 21.6. The molecule has 0 amide bonds. The summed E-state index contributed by atoms with van der Waals surface area (Å²) in [4.78, 5) is 0. The summed E-state index contributed by atoms with van der Waals surface area (Å²) in [5, 5.41) is 14.6. The van der Waals surface area contributed by atoms with Crippen LogP contribution in [0.2, 0.25) is 0 Å². The first-order valence-corrected chi connectivity index (χ1v) is 13.7. The lowest BCUT2D eigenvalue weighted by Crippen LogP contribution is -2.14. The maximum Gasteiger partial charge on any atom is 0.159 e. The van der Waals surface area contributed by atoms with E-state index in [4.69, 9.17) is 4.42 Å². The van der Waals surface area contributed by atoms with Gasteiger partial charge in [0.1, 0.15) is 0 Å². The maximum absolute atomic E-state index is 6.62. The Kier molecular flexibility index (Phi) is 4.39. The largest absolute Gasteiger partial charge is 0.462 e. The quantitative estimate of drug-likeness (QED) is 0.234. The van der Waals surface area contributed by atoms with Crippen LogP contribution >= 0.6 is 0 Å². The number of rotatable bonds is 2. The van der Waals surface area contributed by atoms with E-state index in [0.717, 1.165) is 27.7 Å². The molecule has 0 aliphatic carbocycles. The fourth-order valence-electron chi connectivity index (χ4n) is 6.87.